The summed E-state index contributed by atoms with van der Waals surface area (Å²) in [5, 5.41) is 13.9. The Morgan fingerprint density at radius 1 is 0.585 bits per heavy atom. The zero-order valence-corrected chi connectivity index (χ0v) is 25.4. The van der Waals surface area contributed by atoms with Crippen LogP contribution in [-0.4, -0.2) is 25.7 Å². The Balaban J connectivity index is 0.985. The van der Waals surface area contributed by atoms with Crippen LogP contribution < -0.4 is 10.6 Å². The predicted octanol–water partition coefficient (Wildman–Crippen LogP) is 10.3. The van der Waals surface area contributed by atoms with Crippen molar-refractivity contribution in [3.63, 3.8) is 0 Å². The van der Waals surface area contributed by atoms with Crippen LogP contribution in [-0.2, 0) is 11.3 Å². The molecule has 222 valence electrons. The number of urea groups is 1. The first-order valence-corrected chi connectivity index (χ1v) is 16.5. The highest BCUT2D eigenvalue weighted by Gasteiger charge is 2.10. The highest BCUT2D eigenvalue weighted by Crippen LogP contribution is 2.36. The van der Waals surface area contributed by atoms with Crippen LogP contribution in [0.1, 0.15) is 109 Å². The maximum absolute atomic E-state index is 12.0. The lowest BCUT2D eigenvalue weighted by atomic mass is 9.92. The van der Waals surface area contributed by atoms with Gasteiger partial charge in [-0.2, -0.15) is 0 Å². The molecule has 0 aromatic heterocycles. The van der Waals surface area contributed by atoms with Crippen molar-refractivity contribution in [2.24, 2.45) is 0 Å². The molecule has 0 bridgehead atoms. The first-order chi connectivity index (χ1) is 20.3. The third-order valence-corrected chi connectivity index (χ3v) is 8.44. The molecule has 4 nitrogen and oxygen atoms in total. The van der Waals surface area contributed by atoms with Crippen molar-refractivity contribution >= 4 is 38.3 Å². The largest absolute Gasteiger partial charge is 0.377 e. The van der Waals surface area contributed by atoms with Crippen molar-refractivity contribution < 1.29 is 9.53 Å². The summed E-state index contributed by atoms with van der Waals surface area (Å²) in [4.78, 5) is 12.0. The van der Waals surface area contributed by atoms with E-state index in [9.17, 15) is 4.79 Å². The summed E-state index contributed by atoms with van der Waals surface area (Å²) in [6.07, 6.45) is 18.9. The summed E-state index contributed by atoms with van der Waals surface area (Å²) >= 11 is 0. The van der Waals surface area contributed by atoms with Crippen LogP contribution in [0.4, 0.5) is 4.79 Å². The number of carbonyl (C=O) groups is 1. The zero-order valence-electron chi connectivity index (χ0n) is 25.4. The molecule has 0 heterocycles. The minimum Gasteiger partial charge on any atom is -0.377 e. The summed E-state index contributed by atoms with van der Waals surface area (Å²) in [5.74, 6) is 0. The van der Waals surface area contributed by atoms with E-state index >= 15 is 0 Å². The Hall–Kier alpha value is -2.85. The lowest BCUT2D eigenvalue weighted by Gasteiger charge is -2.14. The summed E-state index contributed by atoms with van der Waals surface area (Å²) in [5.41, 5.74) is 1.26. The van der Waals surface area contributed by atoms with Gasteiger partial charge in [0.15, 0.2) is 0 Å². The fourth-order valence-corrected chi connectivity index (χ4v) is 6.04. The number of carbonyl (C=O) groups excluding carboxylic acids is 1. The monoisotopic (exact) mass is 556 g/mol. The number of amides is 2. The van der Waals surface area contributed by atoms with E-state index in [4.69, 9.17) is 4.74 Å². The fourth-order valence-electron chi connectivity index (χ4n) is 6.04. The molecular formula is C37H52N2O2. The lowest BCUT2D eigenvalue weighted by Crippen LogP contribution is -2.36. The third-order valence-electron chi connectivity index (χ3n) is 8.44. The summed E-state index contributed by atoms with van der Waals surface area (Å²) in [7, 11) is 0. The molecule has 4 aromatic rings. The standard InChI is InChI=1S/C37H52N2O2/c1-2-3-4-5-6-7-8-9-10-11-14-26-38-37(40)39-27-15-12-13-16-28-41-29-33-23-22-32-21-20-30-18-17-19-31-24-25-34(33)36(32)35(30)31/h17-25H,2-16,26-29H2,1H3,(H2,38,39,40). The minimum absolute atomic E-state index is 0.0197. The van der Waals surface area contributed by atoms with E-state index in [1.165, 1.54) is 102 Å². The number of ether oxygens (including phenoxy) is 1. The van der Waals surface area contributed by atoms with E-state index in [1.807, 2.05) is 0 Å². The summed E-state index contributed by atoms with van der Waals surface area (Å²) in [6.45, 7) is 5.22. The van der Waals surface area contributed by atoms with E-state index in [0.29, 0.717) is 6.61 Å². The van der Waals surface area contributed by atoms with Gasteiger partial charge in [0.25, 0.3) is 0 Å². The van der Waals surface area contributed by atoms with Crippen molar-refractivity contribution in [1.82, 2.24) is 10.6 Å². The van der Waals surface area contributed by atoms with E-state index in [0.717, 1.165) is 51.8 Å². The van der Waals surface area contributed by atoms with Crippen molar-refractivity contribution in [3.8, 4) is 0 Å². The van der Waals surface area contributed by atoms with Gasteiger partial charge in [-0.15, -0.1) is 0 Å². The minimum atomic E-state index is -0.0197. The van der Waals surface area contributed by atoms with Crippen LogP contribution in [0.15, 0.2) is 54.6 Å². The normalized spacial score (nSPS) is 11.6. The molecule has 0 aliphatic carbocycles. The van der Waals surface area contributed by atoms with Gasteiger partial charge in [0.2, 0.25) is 0 Å². The molecular weight excluding hydrogens is 504 g/mol. The van der Waals surface area contributed by atoms with Crippen LogP contribution in [0.2, 0.25) is 0 Å². The topological polar surface area (TPSA) is 50.4 Å². The number of hydrogen-bond acceptors (Lipinski definition) is 2. The zero-order chi connectivity index (χ0) is 28.5. The smallest absolute Gasteiger partial charge is 0.314 e. The van der Waals surface area contributed by atoms with Crippen LogP contribution in [0.3, 0.4) is 0 Å². The molecule has 0 aliphatic heterocycles. The van der Waals surface area contributed by atoms with Gasteiger partial charge in [-0.3, -0.25) is 0 Å². The van der Waals surface area contributed by atoms with Crippen molar-refractivity contribution in [1.29, 1.82) is 0 Å². The molecule has 0 spiro atoms. The summed E-state index contributed by atoms with van der Waals surface area (Å²) < 4.78 is 6.08. The molecule has 2 N–H and O–H groups in total. The van der Waals surface area contributed by atoms with Crippen LogP contribution in [0.5, 0.6) is 0 Å². The van der Waals surface area contributed by atoms with E-state index in [-0.39, 0.29) is 6.03 Å². The molecule has 0 saturated carbocycles. The van der Waals surface area contributed by atoms with Crippen LogP contribution in [0.25, 0.3) is 32.3 Å². The maximum Gasteiger partial charge on any atom is 0.314 e. The lowest BCUT2D eigenvalue weighted by molar-refractivity contribution is 0.117. The first kappa shape index (κ1) is 31.1. The van der Waals surface area contributed by atoms with E-state index < -0.39 is 0 Å². The Kier molecular flexibility index (Phi) is 13.5. The highest BCUT2D eigenvalue weighted by atomic mass is 16.5. The summed E-state index contributed by atoms with van der Waals surface area (Å²) in [6, 6.07) is 19.9. The Morgan fingerprint density at radius 3 is 1.73 bits per heavy atom. The second-order valence-electron chi connectivity index (χ2n) is 11.8. The quantitative estimate of drug-likeness (QED) is 0.0792. The van der Waals surface area contributed by atoms with Gasteiger partial charge >= 0.3 is 6.03 Å². The van der Waals surface area contributed by atoms with Crippen molar-refractivity contribution in [2.75, 3.05) is 19.7 Å². The second kappa shape index (κ2) is 17.9. The maximum atomic E-state index is 12.0. The van der Waals surface area contributed by atoms with Crippen LogP contribution >= 0.6 is 0 Å². The van der Waals surface area contributed by atoms with Crippen LogP contribution in [0, 0.1) is 0 Å². The molecule has 0 unspecified atom stereocenters. The van der Waals surface area contributed by atoms with E-state index in [1.54, 1.807) is 0 Å². The SMILES string of the molecule is CCCCCCCCCCCCCNC(=O)NCCCCCCOCc1ccc2ccc3cccc4ccc1c2c34. The molecule has 4 heteroatoms. The first-order valence-electron chi connectivity index (χ1n) is 16.5. The molecule has 4 aromatic carbocycles. The van der Waals surface area contributed by atoms with Gasteiger partial charge in [0.05, 0.1) is 6.61 Å². The van der Waals surface area contributed by atoms with Gasteiger partial charge in [-0.25, -0.2) is 4.79 Å². The number of hydrogen-bond donors (Lipinski definition) is 2. The Labute approximate surface area is 247 Å². The number of unbranched alkanes of at least 4 members (excludes halogenated alkanes) is 13. The van der Waals surface area contributed by atoms with Crippen molar-refractivity contribution in [3.05, 3.63) is 60.2 Å². The second-order valence-corrected chi connectivity index (χ2v) is 11.8. The van der Waals surface area contributed by atoms with Gasteiger partial charge in [-0.1, -0.05) is 139 Å². The van der Waals surface area contributed by atoms with Gasteiger partial charge in [-0.05, 0) is 57.1 Å². The molecule has 0 aliphatic rings. The Morgan fingerprint density at radius 2 is 1.10 bits per heavy atom. The van der Waals surface area contributed by atoms with Gasteiger partial charge < -0.3 is 15.4 Å². The predicted molar refractivity (Wildman–Crippen MR) is 176 cm³/mol. The molecule has 0 saturated heterocycles. The average molecular weight is 557 g/mol. The molecule has 41 heavy (non-hydrogen) atoms. The molecule has 2 amide bonds. The highest BCUT2D eigenvalue weighted by molar-refractivity contribution is 6.23. The third kappa shape index (κ3) is 9.88. The van der Waals surface area contributed by atoms with Gasteiger partial charge in [0, 0.05) is 19.7 Å². The number of nitrogens with one attached hydrogen (secondary N) is 2. The van der Waals surface area contributed by atoms with Gasteiger partial charge in [0.1, 0.15) is 0 Å². The fraction of sp³-hybridized carbons (Fsp3) is 0.541. The molecule has 4 rings (SSSR count). The van der Waals surface area contributed by atoms with E-state index in [2.05, 4.69) is 72.2 Å². The van der Waals surface area contributed by atoms with Crippen molar-refractivity contribution in [2.45, 2.75) is 110 Å². The average Bonchev–Trinajstić information content (AvgIpc) is 3.00. The Bertz CT molecular complexity index is 1280. The molecule has 0 fully saturated rings. The number of rotatable bonds is 21. The number of benzene rings is 4. The molecule has 0 radical (unpaired) electrons. The molecule has 0 atom stereocenters.